The van der Waals surface area contributed by atoms with E-state index in [2.05, 4.69) is 48.2 Å². The Morgan fingerprint density at radius 1 is 0.967 bits per heavy atom. The van der Waals surface area contributed by atoms with E-state index >= 15 is 0 Å². The van der Waals surface area contributed by atoms with Crippen LogP contribution in [0.5, 0.6) is 11.5 Å². The Morgan fingerprint density at radius 2 is 1.67 bits per heavy atom. The number of benzene rings is 2. The smallest absolute Gasteiger partial charge is 0.161 e. The summed E-state index contributed by atoms with van der Waals surface area (Å²) in [6.45, 7) is 4.00. The number of fused-ring (bicyclic) bond motifs is 2. The molecule has 2 aliphatic rings. The number of aryl methyl sites for hydroxylation is 1. The largest absolute Gasteiger partial charge is 0.493 e. The van der Waals surface area contributed by atoms with Crippen molar-refractivity contribution in [2.75, 3.05) is 27.4 Å². The molecule has 2 fully saturated rings. The van der Waals surface area contributed by atoms with Crippen molar-refractivity contribution in [2.45, 2.75) is 56.8 Å². The Hall–Kier alpha value is -2.08. The molecule has 30 heavy (non-hydrogen) atoms. The molecule has 0 unspecified atom stereocenters. The summed E-state index contributed by atoms with van der Waals surface area (Å²) in [6.07, 6.45) is 3.88. The van der Waals surface area contributed by atoms with Gasteiger partial charge in [0.05, 0.1) is 19.3 Å². The molecule has 0 saturated carbocycles. The monoisotopic (exact) mass is 411 g/mol. The van der Waals surface area contributed by atoms with Crippen LogP contribution in [0.25, 0.3) is 0 Å². The zero-order chi connectivity index (χ0) is 21.1. The molecule has 2 heterocycles. The summed E-state index contributed by atoms with van der Waals surface area (Å²) < 4.78 is 16.4. The molecule has 5 heteroatoms. The predicted octanol–water partition coefficient (Wildman–Crippen LogP) is 4.04. The first kappa shape index (κ1) is 21.2. The Morgan fingerprint density at radius 3 is 2.30 bits per heavy atom. The van der Waals surface area contributed by atoms with E-state index in [0.29, 0.717) is 25.3 Å². The van der Waals surface area contributed by atoms with E-state index in [1.165, 1.54) is 11.1 Å². The van der Waals surface area contributed by atoms with Crippen LogP contribution in [0.15, 0.2) is 42.5 Å². The third-order valence-electron chi connectivity index (χ3n) is 6.64. The van der Waals surface area contributed by atoms with Gasteiger partial charge < -0.3 is 19.3 Å². The van der Waals surface area contributed by atoms with Crippen LogP contribution < -0.4 is 9.47 Å². The summed E-state index contributed by atoms with van der Waals surface area (Å²) in [5.74, 6) is 1.50. The summed E-state index contributed by atoms with van der Waals surface area (Å²) in [6, 6.07) is 15.4. The van der Waals surface area contributed by atoms with Crippen molar-refractivity contribution < 1.29 is 19.3 Å². The maximum atomic E-state index is 11.4. The second-order valence-electron chi connectivity index (χ2n) is 8.69. The summed E-state index contributed by atoms with van der Waals surface area (Å²) in [4.78, 5) is 2.57. The van der Waals surface area contributed by atoms with E-state index in [9.17, 15) is 5.11 Å². The summed E-state index contributed by atoms with van der Waals surface area (Å²) >= 11 is 0. The molecule has 2 aliphatic heterocycles. The second-order valence-corrected chi connectivity index (χ2v) is 8.69. The summed E-state index contributed by atoms with van der Waals surface area (Å²) in [7, 11) is 3.34. The molecule has 0 aliphatic carbocycles. The first-order valence-electron chi connectivity index (χ1n) is 10.9. The standard InChI is InChI=1S/C25H33NO4/c1-18-4-7-20(8-5-18)25(27)15-21-9-10-22(16-25)26(21)17-19-6-11-23(24(14-19)29-3)30-13-12-28-2/h4-8,11,14,21-22,27H,9-10,12-13,15-17H2,1-3H3/t21-,22-/m0/s1. The highest BCUT2D eigenvalue weighted by molar-refractivity contribution is 5.43. The van der Waals surface area contributed by atoms with E-state index < -0.39 is 5.60 Å². The summed E-state index contributed by atoms with van der Waals surface area (Å²) in [5, 5.41) is 11.4. The van der Waals surface area contributed by atoms with Crippen LogP contribution in [-0.2, 0) is 16.9 Å². The highest BCUT2D eigenvalue weighted by Gasteiger charge is 2.48. The minimum atomic E-state index is -0.716. The number of rotatable bonds is 8. The average Bonchev–Trinajstić information content (AvgIpc) is 2.99. The Labute approximate surface area is 179 Å². The van der Waals surface area contributed by atoms with Crippen LogP contribution in [0.2, 0.25) is 0 Å². The van der Waals surface area contributed by atoms with Crippen LogP contribution in [0, 0.1) is 6.92 Å². The Balaban J connectivity index is 1.46. The highest BCUT2D eigenvalue weighted by atomic mass is 16.5. The van der Waals surface area contributed by atoms with Gasteiger partial charge in [0.2, 0.25) is 0 Å². The number of hydrogen-bond acceptors (Lipinski definition) is 5. The van der Waals surface area contributed by atoms with Crippen molar-refractivity contribution in [3.05, 3.63) is 59.2 Å². The Kier molecular flexibility index (Phi) is 6.32. The number of methoxy groups -OCH3 is 2. The minimum absolute atomic E-state index is 0.402. The van der Waals surface area contributed by atoms with E-state index in [1.54, 1.807) is 14.2 Å². The van der Waals surface area contributed by atoms with Crippen LogP contribution >= 0.6 is 0 Å². The van der Waals surface area contributed by atoms with Gasteiger partial charge in [-0.05, 0) is 55.9 Å². The van der Waals surface area contributed by atoms with Crippen molar-refractivity contribution in [2.24, 2.45) is 0 Å². The number of nitrogens with zero attached hydrogens (tertiary/aromatic N) is 1. The number of hydrogen-bond donors (Lipinski definition) is 1. The minimum Gasteiger partial charge on any atom is -0.493 e. The summed E-state index contributed by atoms with van der Waals surface area (Å²) in [5.41, 5.74) is 2.78. The maximum absolute atomic E-state index is 11.4. The van der Waals surface area contributed by atoms with Gasteiger partial charge in [0, 0.05) is 25.7 Å². The normalized spacial score (nSPS) is 26.0. The van der Waals surface area contributed by atoms with E-state index in [0.717, 1.165) is 49.3 Å². The predicted molar refractivity (Wildman–Crippen MR) is 117 cm³/mol. The molecule has 1 N–H and O–H groups in total. The van der Waals surface area contributed by atoms with Crippen molar-refractivity contribution in [1.82, 2.24) is 4.90 Å². The van der Waals surface area contributed by atoms with Crippen molar-refractivity contribution >= 4 is 0 Å². The first-order valence-corrected chi connectivity index (χ1v) is 10.9. The second kappa shape index (κ2) is 8.96. The molecule has 0 aromatic heterocycles. The van der Waals surface area contributed by atoms with Crippen molar-refractivity contribution in [1.29, 1.82) is 0 Å². The van der Waals surface area contributed by atoms with Crippen LogP contribution in [0.3, 0.4) is 0 Å². The van der Waals surface area contributed by atoms with Gasteiger partial charge in [-0.3, -0.25) is 4.90 Å². The fraction of sp³-hybridized carbons (Fsp3) is 0.520. The quantitative estimate of drug-likeness (QED) is 0.665. The molecule has 2 aromatic carbocycles. The molecule has 5 nitrogen and oxygen atoms in total. The molecule has 2 saturated heterocycles. The van der Waals surface area contributed by atoms with Gasteiger partial charge in [-0.2, -0.15) is 0 Å². The first-order chi connectivity index (χ1) is 14.5. The third kappa shape index (κ3) is 4.34. The van der Waals surface area contributed by atoms with Crippen LogP contribution in [-0.4, -0.2) is 49.5 Å². The molecule has 0 amide bonds. The fourth-order valence-corrected chi connectivity index (χ4v) is 5.05. The molecule has 0 spiro atoms. The molecule has 162 valence electrons. The van der Waals surface area contributed by atoms with E-state index in [1.807, 2.05) is 6.07 Å². The molecule has 2 bridgehead atoms. The van der Waals surface area contributed by atoms with Gasteiger partial charge in [-0.25, -0.2) is 0 Å². The van der Waals surface area contributed by atoms with Gasteiger partial charge in [-0.1, -0.05) is 35.9 Å². The lowest BCUT2D eigenvalue weighted by atomic mass is 9.80. The zero-order valence-electron chi connectivity index (χ0n) is 18.3. The van der Waals surface area contributed by atoms with Crippen molar-refractivity contribution in [3.63, 3.8) is 0 Å². The Bertz CT molecular complexity index is 837. The molecular formula is C25H33NO4. The molecule has 2 atom stereocenters. The van der Waals surface area contributed by atoms with Crippen LogP contribution in [0.4, 0.5) is 0 Å². The zero-order valence-corrected chi connectivity index (χ0v) is 18.3. The van der Waals surface area contributed by atoms with Gasteiger partial charge in [0.1, 0.15) is 6.61 Å². The lowest BCUT2D eigenvalue weighted by Gasteiger charge is -2.44. The molecule has 4 rings (SSSR count). The lowest BCUT2D eigenvalue weighted by Crippen LogP contribution is -2.49. The molecule has 2 aromatic rings. The van der Waals surface area contributed by atoms with Crippen molar-refractivity contribution in [3.8, 4) is 11.5 Å². The highest BCUT2D eigenvalue weighted by Crippen LogP contribution is 2.46. The van der Waals surface area contributed by atoms with E-state index in [4.69, 9.17) is 14.2 Å². The molecular weight excluding hydrogens is 378 g/mol. The number of aliphatic hydroxyl groups is 1. The van der Waals surface area contributed by atoms with E-state index in [-0.39, 0.29) is 0 Å². The lowest BCUT2D eigenvalue weighted by molar-refractivity contribution is -0.0595. The number of ether oxygens (including phenoxy) is 3. The van der Waals surface area contributed by atoms with Gasteiger partial charge in [0.15, 0.2) is 11.5 Å². The SMILES string of the molecule is COCCOc1ccc(CN2[C@H]3CC[C@H]2CC(O)(c2ccc(C)cc2)C3)cc1OC. The maximum Gasteiger partial charge on any atom is 0.161 e. The van der Waals surface area contributed by atoms with Gasteiger partial charge in [0.25, 0.3) is 0 Å². The fourth-order valence-electron chi connectivity index (χ4n) is 5.05. The molecule has 0 radical (unpaired) electrons. The topological polar surface area (TPSA) is 51.2 Å². The van der Waals surface area contributed by atoms with Gasteiger partial charge >= 0.3 is 0 Å². The third-order valence-corrected chi connectivity index (χ3v) is 6.64. The average molecular weight is 412 g/mol. The van der Waals surface area contributed by atoms with Crippen LogP contribution in [0.1, 0.15) is 42.4 Å². The number of piperidine rings is 1. The van der Waals surface area contributed by atoms with Gasteiger partial charge in [-0.15, -0.1) is 0 Å².